The topological polar surface area (TPSA) is 49.4 Å². The van der Waals surface area contributed by atoms with E-state index in [1.165, 1.54) is 0 Å². The zero-order chi connectivity index (χ0) is 16.7. The normalized spacial score (nSPS) is 15.5. The fraction of sp³-hybridized carbons (Fsp3) is 0.556. The van der Waals surface area contributed by atoms with Crippen molar-refractivity contribution in [2.45, 2.75) is 39.0 Å². The lowest BCUT2D eigenvalue weighted by Crippen LogP contribution is -2.43. The number of halogens is 1. The molecule has 1 fully saturated rings. The van der Waals surface area contributed by atoms with Crippen LogP contribution in [-0.2, 0) is 4.79 Å². The third-order valence-electron chi connectivity index (χ3n) is 4.34. The van der Waals surface area contributed by atoms with Gasteiger partial charge >= 0.3 is 0 Å². The fourth-order valence-corrected chi connectivity index (χ4v) is 3.34. The van der Waals surface area contributed by atoms with Crippen molar-refractivity contribution >= 4 is 27.7 Å². The molecule has 1 N–H and O–H groups in total. The summed E-state index contributed by atoms with van der Waals surface area (Å²) in [5, 5.41) is 3.02. The van der Waals surface area contributed by atoms with Crippen LogP contribution in [0.3, 0.4) is 0 Å². The van der Waals surface area contributed by atoms with Crippen LogP contribution in [0.4, 0.5) is 0 Å². The van der Waals surface area contributed by atoms with E-state index in [9.17, 15) is 9.59 Å². The van der Waals surface area contributed by atoms with E-state index in [0.29, 0.717) is 18.7 Å². The molecule has 0 spiro atoms. The molecule has 0 radical (unpaired) electrons. The summed E-state index contributed by atoms with van der Waals surface area (Å²) < 4.78 is 0.820. The Labute approximate surface area is 146 Å². The molecular formula is C18H25BrN2O2. The standard InChI is InChI=1S/C18H25BrN2O2/c1-2-3-6-11-20-17(22)14-9-12-21(13-10-14)18(23)15-7-4-5-8-16(15)19/h4-5,7-8,14H,2-3,6,9-13H2,1H3,(H,20,22). The smallest absolute Gasteiger partial charge is 0.254 e. The molecule has 126 valence electrons. The second-order valence-electron chi connectivity index (χ2n) is 6.04. The summed E-state index contributed by atoms with van der Waals surface area (Å²) in [6, 6.07) is 7.48. The van der Waals surface area contributed by atoms with Gasteiger partial charge in [0.25, 0.3) is 5.91 Å². The summed E-state index contributed by atoms with van der Waals surface area (Å²) in [6.07, 6.45) is 4.85. The number of carbonyl (C=O) groups excluding carboxylic acids is 2. The van der Waals surface area contributed by atoms with Crippen molar-refractivity contribution in [2.75, 3.05) is 19.6 Å². The second kappa shape index (κ2) is 9.06. The van der Waals surface area contributed by atoms with Gasteiger partial charge in [0.05, 0.1) is 5.56 Å². The Hall–Kier alpha value is -1.36. The number of likely N-dealkylation sites (tertiary alicyclic amines) is 1. The van der Waals surface area contributed by atoms with Crippen molar-refractivity contribution in [1.29, 1.82) is 0 Å². The number of hydrogen-bond acceptors (Lipinski definition) is 2. The van der Waals surface area contributed by atoms with E-state index in [1.807, 2.05) is 29.2 Å². The van der Waals surface area contributed by atoms with Crippen LogP contribution < -0.4 is 5.32 Å². The van der Waals surface area contributed by atoms with Gasteiger partial charge in [0.2, 0.25) is 5.91 Å². The lowest BCUT2D eigenvalue weighted by atomic mass is 9.95. The van der Waals surface area contributed by atoms with Gasteiger partial charge < -0.3 is 10.2 Å². The van der Waals surface area contributed by atoms with E-state index in [1.54, 1.807) is 0 Å². The number of unbranched alkanes of at least 4 members (excludes halogenated alkanes) is 2. The number of benzene rings is 1. The first-order valence-corrected chi connectivity index (χ1v) is 9.24. The van der Waals surface area contributed by atoms with Crippen molar-refractivity contribution in [2.24, 2.45) is 5.92 Å². The minimum Gasteiger partial charge on any atom is -0.356 e. The van der Waals surface area contributed by atoms with E-state index in [2.05, 4.69) is 28.2 Å². The molecule has 23 heavy (non-hydrogen) atoms. The highest BCUT2D eigenvalue weighted by Crippen LogP contribution is 2.22. The summed E-state index contributed by atoms with van der Waals surface area (Å²) in [7, 11) is 0. The Kier molecular flexibility index (Phi) is 7.09. The van der Waals surface area contributed by atoms with Crippen LogP contribution in [0.2, 0.25) is 0 Å². The van der Waals surface area contributed by atoms with Gasteiger partial charge in [0, 0.05) is 30.0 Å². The molecule has 2 rings (SSSR count). The Balaban J connectivity index is 1.80. The number of nitrogens with zero attached hydrogens (tertiary/aromatic N) is 1. The summed E-state index contributed by atoms with van der Waals surface area (Å²) in [5.74, 6) is 0.230. The predicted molar refractivity (Wildman–Crippen MR) is 95.3 cm³/mol. The highest BCUT2D eigenvalue weighted by Gasteiger charge is 2.28. The van der Waals surface area contributed by atoms with Crippen LogP contribution in [0, 0.1) is 5.92 Å². The molecule has 0 aliphatic carbocycles. The van der Waals surface area contributed by atoms with Crippen LogP contribution in [0.15, 0.2) is 28.7 Å². The van der Waals surface area contributed by atoms with Crippen LogP contribution in [0.5, 0.6) is 0 Å². The second-order valence-corrected chi connectivity index (χ2v) is 6.90. The molecule has 1 saturated heterocycles. The average molecular weight is 381 g/mol. The van der Waals surface area contributed by atoms with E-state index < -0.39 is 0 Å². The lowest BCUT2D eigenvalue weighted by Gasteiger charge is -2.31. The molecule has 0 unspecified atom stereocenters. The van der Waals surface area contributed by atoms with Gasteiger partial charge in [-0.3, -0.25) is 9.59 Å². The van der Waals surface area contributed by atoms with E-state index >= 15 is 0 Å². The third-order valence-corrected chi connectivity index (χ3v) is 5.03. The molecule has 0 bridgehead atoms. The Morgan fingerprint density at radius 3 is 2.57 bits per heavy atom. The predicted octanol–water partition coefficient (Wildman–Crippen LogP) is 3.61. The summed E-state index contributed by atoms with van der Waals surface area (Å²) >= 11 is 3.43. The maximum absolute atomic E-state index is 12.5. The van der Waals surface area contributed by atoms with Crippen LogP contribution >= 0.6 is 15.9 Å². The molecule has 0 atom stereocenters. The van der Waals surface area contributed by atoms with Crippen LogP contribution in [-0.4, -0.2) is 36.3 Å². The van der Waals surface area contributed by atoms with Crippen LogP contribution in [0.25, 0.3) is 0 Å². The molecule has 0 aromatic heterocycles. The number of piperidine rings is 1. The van der Waals surface area contributed by atoms with Crippen molar-refractivity contribution in [3.63, 3.8) is 0 Å². The molecule has 1 aromatic carbocycles. The summed E-state index contributed by atoms with van der Waals surface area (Å²) in [6.45, 7) is 4.21. The van der Waals surface area contributed by atoms with Crippen molar-refractivity contribution in [3.8, 4) is 0 Å². The minimum atomic E-state index is 0.0410. The summed E-state index contributed by atoms with van der Waals surface area (Å²) in [4.78, 5) is 26.5. The largest absolute Gasteiger partial charge is 0.356 e. The zero-order valence-corrected chi connectivity index (χ0v) is 15.3. The first-order valence-electron chi connectivity index (χ1n) is 8.45. The maximum atomic E-state index is 12.5. The van der Waals surface area contributed by atoms with E-state index in [0.717, 1.165) is 43.1 Å². The first-order chi connectivity index (χ1) is 11.1. The highest BCUT2D eigenvalue weighted by atomic mass is 79.9. The summed E-state index contributed by atoms with van der Waals surface area (Å²) in [5.41, 5.74) is 0.690. The number of amides is 2. The Bertz CT molecular complexity index is 540. The maximum Gasteiger partial charge on any atom is 0.254 e. The molecule has 5 heteroatoms. The molecule has 1 aliphatic rings. The Morgan fingerprint density at radius 1 is 1.22 bits per heavy atom. The van der Waals surface area contributed by atoms with Gasteiger partial charge in [-0.25, -0.2) is 0 Å². The van der Waals surface area contributed by atoms with Crippen molar-refractivity contribution in [1.82, 2.24) is 10.2 Å². The number of carbonyl (C=O) groups is 2. The van der Waals surface area contributed by atoms with Gasteiger partial charge in [0.1, 0.15) is 0 Å². The van der Waals surface area contributed by atoms with Crippen molar-refractivity contribution in [3.05, 3.63) is 34.3 Å². The van der Waals surface area contributed by atoms with Crippen molar-refractivity contribution < 1.29 is 9.59 Å². The number of nitrogens with one attached hydrogen (secondary N) is 1. The highest BCUT2D eigenvalue weighted by molar-refractivity contribution is 9.10. The zero-order valence-electron chi connectivity index (χ0n) is 13.7. The van der Waals surface area contributed by atoms with E-state index in [-0.39, 0.29) is 17.7 Å². The van der Waals surface area contributed by atoms with Gasteiger partial charge in [-0.2, -0.15) is 0 Å². The third kappa shape index (κ3) is 5.06. The number of rotatable bonds is 6. The molecule has 1 heterocycles. The Morgan fingerprint density at radius 2 is 1.91 bits per heavy atom. The number of hydrogen-bond donors (Lipinski definition) is 1. The molecule has 0 saturated carbocycles. The molecular weight excluding hydrogens is 356 g/mol. The molecule has 2 amide bonds. The van der Waals surface area contributed by atoms with Gasteiger partial charge in [0.15, 0.2) is 0 Å². The first kappa shape index (κ1) is 18.0. The van der Waals surface area contributed by atoms with Gasteiger partial charge in [-0.15, -0.1) is 0 Å². The fourth-order valence-electron chi connectivity index (χ4n) is 2.88. The lowest BCUT2D eigenvalue weighted by molar-refractivity contribution is -0.126. The molecule has 1 aliphatic heterocycles. The van der Waals surface area contributed by atoms with E-state index in [4.69, 9.17) is 0 Å². The average Bonchev–Trinajstić information content (AvgIpc) is 2.58. The van der Waals surface area contributed by atoms with Gasteiger partial charge in [-0.1, -0.05) is 31.9 Å². The molecule has 1 aromatic rings. The minimum absolute atomic E-state index is 0.0410. The van der Waals surface area contributed by atoms with Crippen LogP contribution in [0.1, 0.15) is 49.4 Å². The monoisotopic (exact) mass is 380 g/mol. The SMILES string of the molecule is CCCCCNC(=O)C1CCN(C(=O)c2ccccc2Br)CC1. The quantitative estimate of drug-likeness (QED) is 0.766. The van der Waals surface area contributed by atoms with Gasteiger partial charge in [-0.05, 0) is 47.3 Å². The molecule has 4 nitrogen and oxygen atoms in total.